The summed E-state index contributed by atoms with van der Waals surface area (Å²) in [6.07, 6.45) is 1.97. The smallest absolute Gasteiger partial charge is 0.0580 e. The number of hydrogen-bond donors (Lipinski definition) is 2. The summed E-state index contributed by atoms with van der Waals surface area (Å²) in [5, 5.41) is 12.8. The lowest BCUT2D eigenvalue weighted by Crippen LogP contribution is -2.36. The maximum Gasteiger partial charge on any atom is 0.0580 e. The van der Waals surface area contributed by atoms with Gasteiger partial charge in [-0.05, 0) is 25.0 Å². The Morgan fingerprint density at radius 2 is 1.83 bits per heavy atom. The third-order valence-corrected chi connectivity index (χ3v) is 3.56. The molecule has 1 rings (SSSR count). The minimum atomic E-state index is 0.00836. The minimum absolute atomic E-state index is 0.00836. The molecule has 0 atom stereocenters. The molecule has 2 heteroatoms. The number of benzene rings is 1. The number of hydrogen-bond acceptors (Lipinski definition) is 2. The van der Waals surface area contributed by atoms with Crippen molar-refractivity contribution in [1.82, 2.24) is 5.32 Å². The lowest BCUT2D eigenvalue weighted by molar-refractivity contribution is 0.114. The zero-order chi connectivity index (χ0) is 13.3. The Balaban J connectivity index is 2.37. The summed E-state index contributed by atoms with van der Waals surface area (Å²) in [5.41, 5.74) is 1.05. The van der Waals surface area contributed by atoms with Crippen molar-refractivity contribution >= 4 is 0 Å². The maximum absolute atomic E-state index is 9.44. The molecule has 0 aliphatic carbocycles. The van der Waals surface area contributed by atoms with Crippen LogP contribution in [0.1, 0.15) is 32.3 Å². The third-order valence-electron chi connectivity index (χ3n) is 3.56. The normalized spacial score (nSPS) is 10.8. The molecule has 0 bridgehead atoms. The number of aliphatic hydroxyl groups excluding tert-OH is 1. The Morgan fingerprint density at radius 1 is 1.17 bits per heavy atom. The highest BCUT2D eigenvalue weighted by atomic mass is 16.3. The zero-order valence-corrected chi connectivity index (χ0v) is 11.4. The van der Waals surface area contributed by atoms with Crippen LogP contribution in [0.5, 0.6) is 0 Å². The fraction of sp³-hybridized carbons (Fsp3) is 0.500. The standard InChI is InChI=1S/C16H23NO/c1-3-16(4-2,14-18)13-17-12-8-11-15-9-6-5-7-10-15/h5-7,9-10,17-18H,3-4,12-14H2,1-2H3. The zero-order valence-electron chi connectivity index (χ0n) is 11.4. The number of nitrogens with one attached hydrogen (secondary N) is 1. The minimum Gasteiger partial charge on any atom is -0.396 e. The Labute approximate surface area is 110 Å². The van der Waals surface area contributed by atoms with Crippen LogP contribution in [0.2, 0.25) is 0 Å². The summed E-state index contributed by atoms with van der Waals surface area (Å²) in [5.74, 6) is 6.21. The number of rotatable bonds is 6. The van der Waals surface area contributed by atoms with E-state index in [1.54, 1.807) is 0 Å². The summed E-state index contributed by atoms with van der Waals surface area (Å²) >= 11 is 0. The second-order valence-corrected chi connectivity index (χ2v) is 4.64. The van der Waals surface area contributed by atoms with Gasteiger partial charge in [-0.15, -0.1) is 0 Å². The highest BCUT2D eigenvalue weighted by Gasteiger charge is 2.24. The van der Waals surface area contributed by atoms with Gasteiger partial charge in [-0.3, -0.25) is 0 Å². The van der Waals surface area contributed by atoms with Gasteiger partial charge in [-0.25, -0.2) is 0 Å². The van der Waals surface area contributed by atoms with Crippen LogP contribution >= 0.6 is 0 Å². The lowest BCUT2D eigenvalue weighted by atomic mass is 9.83. The molecular formula is C16H23NO. The van der Waals surface area contributed by atoms with E-state index in [1.165, 1.54) is 0 Å². The highest BCUT2D eigenvalue weighted by molar-refractivity contribution is 5.33. The second-order valence-electron chi connectivity index (χ2n) is 4.64. The van der Waals surface area contributed by atoms with Crippen molar-refractivity contribution in [2.24, 2.45) is 5.41 Å². The maximum atomic E-state index is 9.44. The topological polar surface area (TPSA) is 32.3 Å². The molecule has 0 saturated carbocycles. The first-order valence-electron chi connectivity index (χ1n) is 6.62. The van der Waals surface area contributed by atoms with Crippen LogP contribution < -0.4 is 5.32 Å². The van der Waals surface area contributed by atoms with Crippen molar-refractivity contribution in [3.63, 3.8) is 0 Å². The molecule has 0 amide bonds. The van der Waals surface area contributed by atoms with Crippen LogP contribution in [0.4, 0.5) is 0 Å². The predicted molar refractivity (Wildman–Crippen MR) is 76.3 cm³/mol. The monoisotopic (exact) mass is 245 g/mol. The molecule has 0 heterocycles. The predicted octanol–water partition coefficient (Wildman–Crippen LogP) is 2.43. The molecule has 0 aliphatic rings. The summed E-state index contributed by atoms with van der Waals surface area (Å²) in [6, 6.07) is 9.97. The molecule has 0 aromatic heterocycles. The molecule has 0 aliphatic heterocycles. The van der Waals surface area contributed by atoms with E-state index in [9.17, 15) is 5.11 Å². The van der Waals surface area contributed by atoms with E-state index in [4.69, 9.17) is 0 Å². The Hall–Kier alpha value is -1.30. The van der Waals surface area contributed by atoms with E-state index in [0.29, 0.717) is 6.54 Å². The summed E-state index contributed by atoms with van der Waals surface area (Å²) < 4.78 is 0. The van der Waals surface area contributed by atoms with Gasteiger partial charge in [0.05, 0.1) is 6.54 Å². The molecule has 0 spiro atoms. The van der Waals surface area contributed by atoms with Crippen LogP contribution in [-0.2, 0) is 0 Å². The third kappa shape index (κ3) is 4.52. The average Bonchev–Trinajstić information content (AvgIpc) is 2.45. The van der Waals surface area contributed by atoms with Crippen molar-refractivity contribution < 1.29 is 5.11 Å². The average molecular weight is 245 g/mol. The van der Waals surface area contributed by atoms with Gasteiger partial charge in [0.25, 0.3) is 0 Å². The Bertz CT molecular complexity index is 376. The van der Waals surface area contributed by atoms with E-state index in [0.717, 1.165) is 24.9 Å². The Kier molecular flexibility index (Phi) is 6.49. The first-order valence-corrected chi connectivity index (χ1v) is 6.62. The van der Waals surface area contributed by atoms with Gasteiger partial charge >= 0.3 is 0 Å². The lowest BCUT2D eigenvalue weighted by Gasteiger charge is -2.29. The molecule has 0 radical (unpaired) electrons. The van der Waals surface area contributed by atoms with Crippen molar-refractivity contribution in [2.75, 3.05) is 19.7 Å². The van der Waals surface area contributed by atoms with Crippen molar-refractivity contribution in [3.05, 3.63) is 35.9 Å². The number of aliphatic hydroxyl groups is 1. The molecular weight excluding hydrogens is 222 g/mol. The first kappa shape index (κ1) is 14.8. The molecule has 2 nitrogen and oxygen atoms in total. The van der Waals surface area contributed by atoms with E-state index in [-0.39, 0.29) is 12.0 Å². The fourth-order valence-corrected chi connectivity index (χ4v) is 1.84. The molecule has 98 valence electrons. The van der Waals surface area contributed by atoms with Gasteiger partial charge in [0.15, 0.2) is 0 Å². The van der Waals surface area contributed by atoms with Gasteiger partial charge in [0, 0.05) is 24.1 Å². The van der Waals surface area contributed by atoms with Gasteiger partial charge in [-0.1, -0.05) is 43.9 Å². The molecule has 1 aromatic carbocycles. The molecule has 1 aromatic rings. The fourth-order valence-electron chi connectivity index (χ4n) is 1.84. The van der Waals surface area contributed by atoms with Crippen molar-refractivity contribution in [3.8, 4) is 11.8 Å². The molecule has 0 fully saturated rings. The van der Waals surface area contributed by atoms with Crippen molar-refractivity contribution in [1.29, 1.82) is 0 Å². The van der Waals surface area contributed by atoms with Crippen LogP contribution in [-0.4, -0.2) is 24.8 Å². The first-order chi connectivity index (χ1) is 8.76. The summed E-state index contributed by atoms with van der Waals surface area (Å²) in [7, 11) is 0. The summed E-state index contributed by atoms with van der Waals surface area (Å²) in [6.45, 7) is 5.96. The molecule has 0 saturated heterocycles. The van der Waals surface area contributed by atoms with Gasteiger partial charge in [0.2, 0.25) is 0 Å². The SMILES string of the molecule is CCC(CC)(CO)CNCC#Cc1ccccc1. The molecule has 2 N–H and O–H groups in total. The van der Waals surface area contributed by atoms with Crippen LogP contribution in [0.25, 0.3) is 0 Å². The van der Waals surface area contributed by atoms with Crippen LogP contribution in [0.15, 0.2) is 30.3 Å². The van der Waals surface area contributed by atoms with E-state index in [1.807, 2.05) is 30.3 Å². The quantitative estimate of drug-likeness (QED) is 0.596. The van der Waals surface area contributed by atoms with Gasteiger partial charge in [-0.2, -0.15) is 0 Å². The highest BCUT2D eigenvalue weighted by Crippen LogP contribution is 2.24. The largest absolute Gasteiger partial charge is 0.396 e. The van der Waals surface area contributed by atoms with Crippen molar-refractivity contribution in [2.45, 2.75) is 26.7 Å². The summed E-state index contributed by atoms with van der Waals surface area (Å²) in [4.78, 5) is 0. The van der Waals surface area contributed by atoms with Gasteiger partial charge in [0.1, 0.15) is 0 Å². The van der Waals surface area contributed by atoms with Crippen LogP contribution in [0, 0.1) is 17.3 Å². The van der Waals surface area contributed by atoms with E-state index >= 15 is 0 Å². The van der Waals surface area contributed by atoms with E-state index in [2.05, 4.69) is 31.0 Å². The second kappa shape index (κ2) is 7.92. The molecule has 18 heavy (non-hydrogen) atoms. The van der Waals surface area contributed by atoms with E-state index < -0.39 is 0 Å². The molecule has 0 unspecified atom stereocenters. The van der Waals surface area contributed by atoms with Gasteiger partial charge < -0.3 is 10.4 Å². The Morgan fingerprint density at radius 3 is 2.39 bits per heavy atom. The van der Waals surface area contributed by atoms with Crippen LogP contribution in [0.3, 0.4) is 0 Å².